The Morgan fingerprint density at radius 2 is 1.71 bits per heavy atom. The number of amides is 1. The number of hydrogen-bond acceptors (Lipinski definition) is 6. The van der Waals surface area contributed by atoms with E-state index in [0.29, 0.717) is 23.1 Å². The lowest BCUT2D eigenvalue weighted by molar-refractivity contribution is 0.0981. The van der Waals surface area contributed by atoms with Crippen molar-refractivity contribution in [2.45, 2.75) is 6.54 Å². The fourth-order valence-electron chi connectivity index (χ4n) is 2.58. The fraction of sp³-hybridized carbons (Fsp3) is 0.0500. The molecule has 0 aliphatic rings. The Morgan fingerprint density at radius 1 is 0.964 bits per heavy atom. The first kappa shape index (κ1) is 18.4. The second-order valence-corrected chi connectivity index (χ2v) is 7.57. The molecule has 28 heavy (non-hydrogen) atoms. The first-order valence-electron chi connectivity index (χ1n) is 8.41. The molecule has 4 rings (SSSR count). The van der Waals surface area contributed by atoms with Crippen LogP contribution in [0.25, 0.3) is 10.8 Å². The summed E-state index contributed by atoms with van der Waals surface area (Å²) in [4.78, 5) is 32.1. The van der Waals surface area contributed by atoms with Gasteiger partial charge in [-0.3, -0.25) is 9.78 Å². The van der Waals surface area contributed by atoms with Gasteiger partial charge in [0.2, 0.25) is 0 Å². The van der Waals surface area contributed by atoms with Gasteiger partial charge in [0.15, 0.2) is 10.8 Å². The van der Waals surface area contributed by atoms with E-state index in [2.05, 4.69) is 35.9 Å². The zero-order valence-corrected chi connectivity index (χ0v) is 17.0. The number of halogens is 1. The Balaban J connectivity index is 1.67. The lowest BCUT2D eigenvalue weighted by Crippen LogP contribution is -2.31. The summed E-state index contributed by atoms with van der Waals surface area (Å²) in [5.41, 5.74) is 1.91. The molecular weight excluding hydrogens is 438 g/mol. The van der Waals surface area contributed by atoms with E-state index in [-0.39, 0.29) is 5.91 Å². The Morgan fingerprint density at radius 3 is 2.43 bits per heavy atom. The maximum Gasteiger partial charge on any atom is 0.278 e. The third kappa shape index (κ3) is 4.13. The maximum absolute atomic E-state index is 13.3. The molecule has 0 saturated heterocycles. The van der Waals surface area contributed by atoms with Crippen molar-refractivity contribution in [3.8, 4) is 10.8 Å². The molecule has 0 radical (unpaired) electrons. The standard InChI is InChI=1S/C20H14BrN5OS/c21-14-5-7-16(8-6-14)26(12-15-4-1-2-9-22-15)20(27)17-13-28-19(25-17)18-23-10-3-11-24-18/h1-11,13H,12H2. The van der Waals surface area contributed by atoms with Crippen LogP contribution in [0.1, 0.15) is 16.2 Å². The van der Waals surface area contributed by atoms with Gasteiger partial charge in [-0.05, 0) is 42.5 Å². The van der Waals surface area contributed by atoms with E-state index in [4.69, 9.17) is 0 Å². The van der Waals surface area contributed by atoms with Crippen molar-refractivity contribution in [3.05, 3.63) is 88.4 Å². The van der Waals surface area contributed by atoms with Crippen molar-refractivity contribution in [2.24, 2.45) is 0 Å². The van der Waals surface area contributed by atoms with Gasteiger partial charge in [-0.1, -0.05) is 22.0 Å². The molecule has 138 valence electrons. The smallest absolute Gasteiger partial charge is 0.278 e. The summed E-state index contributed by atoms with van der Waals surface area (Å²) in [6, 6.07) is 15.0. The lowest BCUT2D eigenvalue weighted by Gasteiger charge is -2.21. The van der Waals surface area contributed by atoms with Crippen LogP contribution in [0.2, 0.25) is 0 Å². The lowest BCUT2D eigenvalue weighted by atomic mass is 10.2. The summed E-state index contributed by atoms with van der Waals surface area (Å²) in [6.45, 7) is 0.343. The predicted molar refractivity (Wildman–Crippen MR) is 112 cm³/mol. The Labute approximate surface area is 174 Å². The number of anilines is 1. The van der Waals surface area contributed by atoms with E-state index in [1.165, 1.54) is 11.3 Å². The van der Waals surface area contributed by atoms with Crippen molar-refractivity contribution < 1.29 is 4.79 Å². The van der Waals surface area contributed by atoms with Gasteiger partial charge in [0.1, 0.15) is 5.69 Å². The third-order valence-electron chi connectivity index (χ3n) is 3.91. The Kier molecular flexibility index (Phi) is 5.50. The molecule has 1 amide bonds. The molecule has 0 aliphatic carbocycles. The van der Waals surface area contributed by atoms with Gasteiger partial charge in [-0.15, -0.1) is 11.3 Å². The van der Waals surface area contributed by atoms with Crippen LogP contribution in [0.3, 0.4) is 0 Å². The number of thiazole rings is 1. The molecular formula is C20H14BrN5OS. The van der Waals surface area contributed by atoms with Gasteiger partial charge in [-0.2, -0.15) is 0 Å². The highest BCUT2D eigenvalue weighted by molar-refractivity contribution is 9.10. The highest BCUT2D eigenvalue weighted by Gasteiger charge is 2.22. The molecule has 0 aliphatic heterocycles. The molecule has 0 spiro atoms. The van der Waals surface area contributed by atoms with Crippen LogP contribution in [0.5, 0.6) is 0 Å². The van der Waals surface area contributed by atoms with E-state index in [0.717, 1.165) is 15.9 Å². The minimum atomic E-state index is -0.202. The summed E-state index contributed by atoms with van der Waals surface area (Å²) in [6.07, 6.45) is 5.02. The minimum Gasteiger partial charge on any atom is -0.301 e. The van der Waals surface area contributed by atoms with E-state index in [1.54, 1.807) is 34.9 Å². The third-order valence-corrected chi connectivity index (χ3v) is 5.28. The molecule has 3 aromatic heterocycles. The van der Waals surface area contributed by atoms with Crippen LogP contribution < -0.4 is 4.90 Å². The van der Waals surface area contributed by atoms with Crippen LogP contribution in [0.15, 0.2) is 77.0 Å². The normalized spacial score (nSPS) is 10.6. The molecule has 0 unspecified atom stereocenters. The van der Waals surface area contributed by atoms with E-state index >= 15 is 0 Å². The highest BCUT2D eigenvalue weighted by atomic mass is 79.9. The molecule has 3 heterocycles. The van der Waals surface area contributed by atoms with E-state index < -0.39 is 0 Å². The number of carbonyl (C=O) groups is 1. The van der Waals surface area contributed by atoms with Gasteiger partial charge in [0.25, 0.3) is 5.91 Å². The minimum absolute atomic E-state index is 0.202. The number of hydrogen-bond donors (Lipinski definition) is 0. The summed E-state index contributed by atoms with van der Waals surface area (Å²) < 4.78 is 0.943. The topological polar surface area (TPSA) is 71.9 Å². The van der Waals surface area contributed by atoms with Crippen molar-refractivity contribution in [3.63, 3.8) is 0 Å². The summed E-state index contributed by atoms with van der Waals surface area (Å²) >= 11 is 4.78. The number of carbonyl (C=O) groups excluding carboxylic acids is 1. The molecule has 0 bridgehead atoms. The van der Waals surface area contributed by atoms with Gasteiger partial charge < -0.3 is 4.90 Å². The molecule has 0 saturated carbocycles. The van der Waals surface area contributed by atoms with Crippen molar-refractivity contribution in [2.75, 3.05) is 4.90 Å². The number of aromatic nitrogens is 4. The summed E-state index contributed by atoms with van der Waals surface area (Å²) in [7, 11) is 0. The quantitative estimate of drug-likeness (QED) is 0.443. The second kappa shape index (κ2) is 8.37. The van der Waals surface area contributed by atoms with E-state index in [9.17, 15) is 4.79 Å². The van der Waals surface area contributed by atoms with Crippen LogP contribution in [-0.4, -0.2) is 25.8 Å². The fourth-order valence-corrected chi connectivity index (χ4v) is 3.58. The number of rotatable bonds is 5. The molecule has 4 aromatic rings. The van der Waals surface area contributed by atoms with Gasteiger partial charge in [0, 0.05) is 34.1 Å². The predicted octanol–water partition coefficient (Wildman–Crippen LogP) is 4.60. The first-order valence-corrected chi connectivity index (χ1v) is 10.1. The molecule has 0 fully saturated rings. The first-order chi connectivity index (χ1) is 13.7. The van der Waals surface area contributed by atoms with Crippen LogP contribution in [0.4, 0.5) is 5.69 Å². The monoisotopic (exact) mass is 451 g/mol. The average Bonchev–Trinajstić information content (AvgIpc) is 3.24. The summed E-state index contributed by atoms with van der Waals surface area (Å²) in [5.74, 6) is 0.304. The molecule has 0 atom stereocenters. The maximum atomic E-state index is 13.3. The zero-order valence-electron chi connectivity index (χ0n) is 14.6. The second-order valence-electron chi connectivity index (χ2n) is 5.80. The highest BCUT2D eigenvalue weighted by Crippen LogP contribution is 2.25. The largest absolute Gasteiger partial charge is 0.301 e. The van der Waals surface area contributed by atoms with Crippen molar-refractivity contribution >= 4 is 38.9 Å². The van der Waals surface area contributed by atoms with Crippen molar-refractivity contribution in [1.82, 2.24) is 19.9 Å². The zero-order chi connectivity index (χ0) is 19.3. The van der Waals surface area contributed by atoms with E-state index in [1.807, 2.05) is 42.5 Å². The molecule has 6 nitrogen and oxygen atoms in total. The van der Waals surface area contributed by atoms with Crippen molar-refractivity contribution in [1.29, 1.82) is 0 Å². The average molecular weight is 452 g/mol. The van der Waals surface area contributed by atoms with Crippen LogP contribution in [0, 0.1) is 0 Å². The SMILES string of the molecule is O=C(c1csc(-c2ncccn2)n1)N(Cc1ccccn1)c1ccc(Br)cc1. The van der Waals surface area contributed by atoms with Gasteiger partial charge in [0.05, 0.1) is 12.2 Å². The number of benzene rings is 1. The van der Waals surface area contributed by atoms with Crippen LogP contribution >= 0.6 is 27.3 Å². The molecule has 0 N–H and O–H groups in total. The van der Waals surface area contributed by atoms with Crippen LogP contribution in [-0.2, 0) is 6.54 Å². The number of pyridine rings is 1. The van der Waals surface area contributed by atoms with Gasteiger partial charge in [-0.25, -0.2) is 15.0 Å². The Hall–Kier alpha value is -2.97. The summed E-state index contributed by atoms with van der Waals surface area (Å²) in [5, 5.41) is 2.34. The Bertz CT molecular complexity index is 1070. The molecule has 8 heteroatoms. The number of nitrogens with zero attached hydrogens (tertiary/aromatic N) is 5. The van der Waals surface area contributed by atoms with Gasteiger partial charge >= 0.3 is 0 Å². The molecule has 1 aromatic carbocycles.